The zero-order valence-electron chi connectivity index (χ0n) is 12.5. The minimum absolute atomic E-state index is 0.313. The molecule has 0 spiro atoms. The van der Waals surface area contributed by atoms with Crippen molar-refractivity contribution in [2.45, 2.75) is 64.7 Å². The van der Waals surface area contributed by atoms with Crippen molar-refractivity contribution in [3.05, 3.63) is 29.3 Å². The van der Waals surface area contributed by atoms with Crippen LogP contribution in [0.2, 0.25) is 0 Å². The van der Waals surface area contributed by atoms with E-state index in [9.17, 15) is 5.11 Å². The first kappa shape index (κ1) is 13.0. The van der Waals surface area contributed by atoms with Crippen LogP contribution in [-0.2, 0) is 11.8 Å². The molecule has 1 N–H and O–H groups in total. The molecule has 1 aromatic carbocycles. The minimum Gasteiger partial charge on any atom is -0.508 e. The summed E-state index contributed by atoms with van der Waals surface area (Å²) in [5.74, 6) is 1.19. The highest BCUT2D eigenvalue weighted by molar-refractivity contribution is 5.45. The third-order valence-corrected chi connectivity index (χ3v) is 6.29. The van der Waals surface area contributed by atoms with E-state index in [1.807, 2.05) is 6.07 Å². The van der Waals surface area contributed by atoms with Crippen LogP contribution in [0.4, 0.5) is 0 Å². The summed E-state index contributed by atoms with van der Waals surface area (Å²) in [6.07, 6.45) is 7.68. The Balaban J connectivity index is 2.22. The number of phenolic OH excluding ortho intramolecular Hbond substituents is 1. The van der Waals surface area contributed by atoms with Crippen LogP contribution >= 0.6 is 0 Å². The van der Waals surface area contributed by atoms with Crippen LogP contribution in [0.3, 0.4) is 0 Å². The topological polar surface area (TPSA) is 20.2 Å². The largest absolute Gasteiger partial charge is 0.508 e. The molecule has 1 saturated carbocycles. The third kappa shape index (κ3) is 1.60. The summed E-state index contributed by atoms with van der Waals surface area (Å²) in [6, 6.07) is 6.10. The monoisotopic (exact) mass is 258 g/mol. The van der Waals surface area contributed by atoms with E-state index < -0.39 is 0 Å². The first-order valence-corrected chi connectivity index (χ1v) is 7.86. The van der Waals surface area contributed by atoms with Crippen LogP contribution in [0, 0.1) is 11.3 Å². The Morgan fingerprint density at radius 1 is 1.32 bits per heavy atom. The zero-order valence-corrected chi connectivity index (χ0v) is 12.5. The van der Waals surface area contributed by atoms with Crippen molar-refractivity contribution in [1.82, 2.24) is 0 Å². The van der Waals surface area contributed by atoms with Crippen molar-refractivity contribution >= 4 is 0 Å². The number of hydrogen-bond donors (Lipinski definition) is 1. The van der Waals surface area contributed by atoms with E-state index in [4.69, 9.17) is 0 Å². The maximum absolute atomic E-state index is 9.94. The Bertz CT molecular complexity index is 492. The third-order valence-electron chi connectivity index (χ3n) is 6.29. The molecule has 3 rings (SSSR count). The SMILES string of the molecule is CCCC12CCCC1(C)C(C)Cc1ccc(O)cc12. The molecule has 0 bridgehead atoms. The van der Waals surface area contributed by atoms with Crippen molar-refractivity contribution in [3.8, 4) is 5.75 Å². The molecule has 3 unspecified atom stereocenters. The number of hydrogen-bond acceptors (Lipinski definition) is 1. The molecule has 0 saturated heterocycles. The van der Waals surface area contributed by atoms with E-state index in [0.29, 0.717) is 16.6 Å². The molecular formula is C18H26O. The number of aromatic hydroxyl groups is 1. The Hall–Kier alpha value is -0.980. The molecule has 1 nitrogen and oxygen atoms in total. The van der Waals surface area contributed by atoms with Crippen molar-refractivity contribution in [1.29, 1.82) is 0 Å². The fourth-order valence-electron chi connectivity index (χ4n) is 5.16. The van der Waals surface area contributed by atoms with Gasteiger partial charge in [-0.25, -0.2) is 0 Å². The van der Waals surface area contributed by atoms with Gasteiger partial charge in [0.25, 0.3) is 0 Å². The second-order valence-corrected chi connectivity index (χ2v) is 7.05. The summed E-state index contributed by atoms with van der Waals surface area (Å²) in [7, 11) is 0. The van der Waals surface area contributed by atoms with Gasteiger partial charge in [0.2, 0.25) is 0 Å². The summed E-state index contributed by atoms with van der Waals surface area (Å²) < 4.78 is 0. The fraction of sp³-hybridized carbons (Fsp3) is 0.667. The van der Waals surface area contributed by atoms with E-state index in [2.05, 4.69) is 32.9 Å². The smallest absolute Gasteiger partial charge is 0.115 e. The average molecular weight is 258 g/mol. The summed E-state index contributed by atoms with van der Waals surface area (Å²) in [5.41, 5.74) is 3.68. The molecule has 1 heteroatoms. The van der Waals surface area contributed by atoms with Gasteiger partial charge in [-0.1, -0.05) is 39.7 Å². The number of rotatable bonds is 2. The average Bonchev–Trinajstić information content (AvgIpc) is 2.72. The van der Waals surface area contributed by atoms with Crippen LogP contribution in [0.1, 0.15) is 64.0 Å². The van der Waals surface area contributed by atoms with Gasteiger partial charge in [-0.3, -0.25) is 0 Å². The Kier molecular flexibility index (Phi) is 2.92. The van der Waals surface area contributed by atoms with Crippen LogP contribution in [0.5, 0.6) is 5.75 Å². The molecule has 0 radical (unpaired) electrons. The van der Waals surface area contributed by atoms with Gasteiger partial charge in [0.1, 0.15) is 5.75 Å². The van der Waals surface area contributed by atoms with Crippen LogP contribution < -0.4 is 0 Å². The van der Waals surface area contributed by atoms with E-state index in [1.165, 1.54) is 49.7 Å². The van der Waals surface area contributed by atoms with Crippen molar-refractivity contribution < 1.29 is 5.11 Å². The maximum Gasteiger partial charge on any atom is 0.115 e. The summed E-state index contributed by atoms with van der Waals surface area (Å²) in [5, 5.41) is 9.94. The maximum atomic E-state index is 9.94. The van der Waals surface area contributed by atoms with Gasteiger partial charge in [0, 0.05) is 5.41 Å². The van der Waals surface area contributed by atoms with Gasteiger partial charge < -0.3 is 5.11 Å². The molecule has 104 valence electrons. The standard InChI is InChI=1S/C18H26O/c1-4-8-18-10-5-9-17(18,3)13(2)11-14-6-7-15(19)12-16(14)18/h6-7,12-13,19H,4-5,8-11H2,1-3H3. The zero-order chi connectivity index (χ0) is 13.7. The van der Waals surface area contributed by atoms with E-state index in [0.717, 1.165) is 5.92 Å². The lowest BCUT2D eigenvalue weighted by atomic mass is 9.51. The molecule has 1 aromatic rings. The molecule has 0 aliphatic heterocycles. The van der Waals surface area contributed by atoms with Gasteiger partial charge in [-0.05, 0) is 60.3 Å². The summed E-state index contributed by atoms with van der Waals surface area (Å²) >= 11 is 0. The quantitative estimate of drug-likeness (QED) is 0.807. The molecule has 2 aliphatic rings. The van der Waals surface area contributed by atoms with E-state index >= 15 is 0 Å². The lowest BCUT2D eigenvalue weighted by Crippen LogP contribution is -2.48. The van der Waals surface area contributed by atoms with Crippen molar-refractivity contribution in [3.63, 3.8) is 0 Å². The molecule has 0 heterocycles. The molecule has 19 heavy (non-hydrogen) atoms. The second-order valence-electron chi connectivity index (χ2n) is 7.05. The molecule has 2 aliphatic carbocycles. The first-order valence-electron chi connectivity index (χ1n) is 7.86. The van der Waals surface area contributed by atoms with Crippen LogP contribution in [-0.4, -0.2) is 5.11 Å². The van der Waals surface area contributed by atoms with E-state index in [1.54, 1.807) is 0 Å². The van der Waals surface area contributed by atoms with Crippen LogP contribution in [0.25, 0.3) is 0 Å². The molecule has 3 atom stereocenters. The Labute approximate surface area is 117 Å². The summed E-state index contributed by atoms with van der Waals surface area (Å²) in [4.78, 5) is 0. The summed E-state index contributed by atoms with van der Waals surface area (Å²) in [6.45, 7) is 7.24. The normalized spacial score (nSPS) is 36.9. The second kappa shape index (κ2) is 4.26. The molecule has 0 aromatic heterocycles. The lowest BCUT2D eigenvalue weighted by molar-refractivity contribution is 0.0740. The predicted molar refractivity (Wildman–Crippen MR) is 79.5 cm³/mol. The number of fused-ring (bicyclic) bond motifs is 3. The molecular weight excluding hydrogens is 232 g/mol. The van der Waals surface area contributed by atoms with Gasteiger partial charge in [-0.2, -0.15) is 0 Å². The Morgan fingerprint density at radius 2 is 2.11 bits per heavy atom. The molecule has 0 amide bonds. The lowest BCUT2D eigenvalue weighted by Gasteiger charge is -2.53. The van der Waals surface area contributed by atoms with Crippen molar-refractivity contribution in [2.24, 2.45) is 11.3 Å². The minimum atomic E-state index is 0.313. The fourth-order valence-corrected chi connectivity index (χ4v) is 5.16. The van der Waals surface area contributed by atoms with Gasteiger partial charge in [0.15, 0.2) is 0 Å². The first-order chi connectivity index (χ1) is 9.03. The number of phenols is 1. The highest BCUT2D eigenvalue weighted by Gasteiger charge is 2.57. The van der Waals surface area contributed by atoms with Gasteiger partial charge in [-0.15, -0.1) is 0 Å². The van der Waals surface area contributed by atoms with Gasteiger partial charge in [0.05, 0.1) is 0 Å². The number of benzene rings is 1. The highest BCUT2D eigenvalue weighted by Crippen LogP contribution is 2.64. The van der Waals surface area contributed by atoms with Gasteiger partial charge >= 0.3 is 0 Å². The van der Waals surface area contributed by atoms with Crippen molar-refractivity contribution in [2.75, 3.05) is 0 Å². The highest BCUT2D eigenvalue weighted by atomic mass is 16.3. The predicted octanol–water partition coefficient (Wildman–Crippen LogP) is 4.81. The Morgan fingerprint density at radius 3 is 2.84 bits per heavy atom. The van der Waals surface area contributed by atoms with E-state index in [-0.39, 0.29) is 0 Å². The molecule has 1 fully saturated rings. The van der Waals surface area contributed by atoms with Crippen LogP contribution in [0.15, 0.2) is 18.2 Å².